The normalized spacial score (nSPS) is 15.5. The van der Waals surface area contributed by atoms with Crippen molar-refractivity contribution >= 4 is 33.6 Å². The summed E-state index contributed by atoms with van der Waals surface area (Å²) in [7, 11) is 0. The Bertz CT molecular complexity index is 805. The summed E-state index contributed by atoms with van der Waals surface area (Å²) in [5, 5.41) is 15.9. The van der Waals surface area contributed by atoms with Crippen LogP contribution in [0.15, 0.2) is 6.07 Å². The van der Waals surface area contributed by atoms with E-state index in [9.17, 15) is 14.7 Å². The molecule has 2 N–H and O–H groups in total. The molecule has 26 heavy (non-hydrogen) atoms. The zero-order valence-electron chi connectivity index (χ0n) is 15.5. The summed E-state index contributed by atoms with van der Waals surface area (Å²) in [4.78, 5) is 25.4. The molecular weight excluding hydrogens is 352 g/mol. The Labute approximate surface area is 156 Å². The first-order chi connectivity index (χ1) is 12.4. The Morgan fingerprint density at radius 3 is 2.69 bits per heavy atom. The highest BCUT2D eigenvalue weighted by Crippen LogP contribution is 2.35. The molecule has 0 bridgehead atoms. The number of hydrogen-bond acceptors (Lipinski definition) is 4. The number of hydrazine groups is 1. The van der Waals surface area contributed by atoms with Crippen LogP contribution < -0.4 is 5.43 Å². The highest BCUT2D eigenvalue weighted by molar-refractivity contribution is 7.20. The number of aryl methyl sites for hydroxylation is 1. The van der Waals surface area contributed by atoms with Crippen molar-refractivity contribution in [2.45, 2.75) is 58.9 Å². The lowest BCUT2D eigenvalue weighted by atomic mass is 9.96. The number of hydrogen-bond donors (Lipinski definition) is 2. The van der Waals surface area contributed by atoms with E-state index in [0.29, 0.717) is 10.9 Å². The van der Waals surface area contributed by atoms with Crippen LogP contribution in [0, 0.1) is 12.8 Å². The van der Waals surface area contributed by atoms with Gasteiger partial charge in [0.25, 0.3) is 5.91 Å². The third-order valence-corrected chi connectivity index (χ3v) is 5.85. The predicted molar refractivity (Wildman–Crippen MR) is 102 cm³/mol. The van der Waals surface area contributed by atoms with Crippen molar-refractivity contribution in [1.29, 1.82) is 0 Å². The van der Waals surface area contributed by atoms with Crippen LogP contribution in [0.2, 0.25) is 0 Å². The third kappa shape index (κ3) is 3.85. The standard InChI is InChI=1S/C18H26N4O3S/c1-11(2)10-21(18(24)25)20-16(23)15-9-14-12(3)19-22(17(14)26-15)13-7-5-4-6-8-13/h9,11,13H,4-8,10H2,1-3H3,(H,20,23)(H,24,25). The van der Waals surface area contributed by atoms with Crippen LogP contribution in [0.25, 0.3) is 10.2 Å². The number of fused-ring (bicyclic) bond motifs is 1. The highest BCUT2D eigenvalue weighted by atomic mass is 32.1. The number of carbonyl (C=O) groups excluding carboxylic acids is 1. The Kier molecular flexibility index (Phi) is 5.50. The van der Waals surface area contributed by atoms with Crippen molar-refractivity contribution in [3.8, 4) is 0 Å². The van der Waals surface area contributed by atoms with Crippen molar-refractivity contribution in [2.24, 2.45) is 5.92 Å². The minimum atomic E-state index is -1.15. The average molecular weight is 378 g/mol. The van der Waals surface area contributed by atoms with Gasteiger partial charge in [-0.2, -0.15) is 5.10 Å². The zero-order chi connectivity index (χ0) is 18.8. The second-order valence-corrected chi connectivity index (χ2v) is 8.41. The van der Waals surface area contributed by atoms with Crippen LogP contribution in [0.5, 0.6) is 0 Å². The first kappa shape index (κ1) is 18.7. The Hall–Kier alpha value is -2.09. The van der Waals surface area contributed by atoms with Gasteiger partial charge >= 0.3 is 6.09 Å². The zero-order valence-corrected chi connectivity index (χ0v) is 16.3. The van der Waals surface area contributed by atoms with E-state index in [1.165, 1.54) is 30.6 Å². The number of thiophene rings is 1. The summed E-state index contributed by atoms with van der Waals surface area (Å²) in [5.74, 6) is -0.264. The topological polar surface area (TPSA) is 87.5 Å². The molecule has 8 heteroatoms. The van der Waals surface area contributed by atoms with Crippen molar-refractivity contribution in [3.05, 3.63) is 16.6 Å². The number of aromatic nitrogens is 2. The monoisotopic (exact) mass is 378 g/mol. The Morgan fingerprint density at radius 2 is 2.08 bits per heavy atom. The summed E-state index contributed by atoms with van der Waals surface area (Å²) in [6, 6.07) is 2.22. The minimum absolute atomic E-state index is 0.121. The fourth-order valence-electron chi connectivity index (χ4n) is 3.47. The van der Waals surface area contributed by atoms with Crippen molar-refractivity contribution in [3.63, 3.8) is 0 Å². The largest absolute Gasteiger partial charge is 0.464 e. The maximum absolute atomic E-state index is 12.6. The molecule has 0 saturated heterocycles. The number of carbonyl (C=O) groups is 2. The molecule has 3 rings (SSSR count). The first-order valence-electron chi connectivity index (χ1n) is 9.17. The van der Waals surface area contributed by atoms with Gasteiger partial charge in [0.1, 0.15) is 4.83 Å². The molecule has 1 aliphatic carbocycles. The fourth-order valence-corrected chi connectivity index (χ4v) is 4.59. The van der Waals surface area contributed by atoms with E-state index in [4.69, 9.17) is 5.10 Å². The fraction of sp³-hybridized carbons (Fsp3) is 0.611. The number of carboxylic acid groups (broad SMARTS) is 1. The summed E-state index contributed by atoms with van der Waals surface area (Å²) in [5.41, 5.74) is 3.42. The van der Waals surface area contributed by atoms with Gasteiger partial charge in [-0.05, 0) is 31.7 Å². The summed E-state index contributed by atoms with van der Waals surface area (Å²) < 4.78 is 2.08. The van der Waals surface area contributed by atoms with Crippen LogP contribution in [0.3, 0.4) is 0 Å². The van der Waals surface area contributed by atoms with Gasteiger partial charge in [0.15, 0.2) is 0 Å². The Morgan fingerprint density at radius 1 is 1.38 bits per heavy atom. The number of amides is 2. The van der Waals surface area contributed by atoms with E-state index in [1.54, 1.807) is 0 Å². The average Bonchev–Trinajstić information content (AvgIpc) is 3.15. The van der Waals surface area contributed by atoms with Crippen LogP contribution in [-0.4, -0.2) is 38.4 Å². The number of nitrogens with one attached hydrogen (secondary N) is 1. The van der Waals surface area contributed by atoms with Gasteiger partial charge < -0.3 is 5.11 Å². The lowest BCUT2D eigenvalue weighted by Gasteiger charge is -2.22. The number of nitrogens with zero attached hydrogens (tertiary/aromatic N) is 3. The predicted octanol–water partition coefficient (Wildman–Crippen LogP) is 4.19. The van der Waals surface area contributed by atoms with Crippen molar-refractivity contribution < 1.29 is 14.7 Å². The first-order valence-corrected chi connectivity index (χ1v) is 9.98. The maximum atomic E-state index is 12.6. The molecule has 2 aromatic rings. The van der Waals surface area contributed by atoms with E-state index < -0.39 is 6.09 Å². The smallest absolute Gasteiger partial charge is 0.426 e. The minimum Gasteiger partial charge on any atom is -0.464 e. The molecule has 0 aliphatic heterocycles. The van der Waals surface area contributed by atoms with E-state index in [-0.39, 0.29) is 18.4 Å². The molecule has 0 spiro atoms. The molecule has 2 heterocycles. The molecule has 2 amide bonds. The summed E-state index contributed by atoms with van der Waals surface area (Å²) in [6.07, 6.45) is 4.80. The van der Waals surface area contributed by atoms with Gasteiger partial charge in [-0.1, -0.05) is 33.1 Å². The third-order valence-electron chi connectivity index (χ3n) is 4.73. The molecule has 0 atom stereocenters. The molecule has 0 unspecified atom stereocenters. The van der Waals surface area contributed by atoms with Gasteiger partial charge in [0.05, 0.1) is 16.6 Å². The quantitative estimate of drug-likeness (QED) is 0.781. The van der Waals surface area contributed by atoms with Crippen LogP contribution >= 0.6 is 11.3 Å². The molecular formula is C18H26N4O3S. The maximum Gasteiger partial charge on any atom is 0.426 e. The summed E-state index contributed by atoms with van der Waals surface area (Å²) in [6.45, 7) is 6.02. The molecule has 0 radical (unpaired) electrons. The second-order valence-electron chi connectivity index (χ2n) is 7.38. The molecule has 142 valence electrons. The van der Waals surface area contributed by atoms with Crippen LogP contribution in [-0.2, 0) is 0 Å². The van der Waals surface area contributed by atoms with Crippen molar-refractivity contribution in [2.75, 3.05) is 6.54 Å². The van der Waals surface area contributed by atoms with Crippen LogP contribution in [0.4, 0.5) is 4.79 Å². The van der Waals surface area contributed by atoms with Gasteiger partial charge in [-0.15, -0.1) is 11.3 Å². The van der Waals surface area contributed by atoms with Crippen LogP contribution in [0.1, 0.15) is 67.4 Å². The molecule has 2 aromatic heterocycles. The van der Waals surface area contributed by atoms with E-state index in [2.05, 4.69) is 10.1 Å². The molecule has 7 nitrogen and oxygen atoms in total. The van der Waals surface area contributed by atoms with E-state index in [0.717, 1.165) is 33.8 Å². The van der Waals surface area contributed by atoms with E-state index >= 15 is 0 Å². The SMILES string of the molecule is Cc1nn(C2CCCCC2)c2sc(C(=O)NN(CC(C)C)C(=O)O)cc12. The molecule has 1 saturated carbocycles. The molecule has 0 aromatic carbocycles. The Balaban J connectivity index is 1.84. The molecule has 1 fully saturated rings. The highest BCUT2D eigenvalue weighted by Gasteiger charge is 2.24. The van der Waals surface area contributed by atoms with E-state index in [1.807, 2.05) is 26.8 Å². The lowest BCUT2D eigenvalue weighted by molar-refractivity contribution is 0.0735. The second kappa shape index (κ2) is 7.65. The van der Waals surface area contributed by atoms with Gasteiger partial charge in [-0.3, -0.25) is 14.9 Å². The molecule has 1 aliphatic rings. The lowest BCUT2D eigenvalue weighted by Crippen LogP contribution is -2.47. The van der Waals surface area contributed by atoms with Gasteiger partial charge in [0, 0.05) is 11.9 Å². The van der Waals surface area contributed by atoms with Gasteiger partial charge in [-0.25, -0.2) is 9.80 Å². The summed E-state index contributed by atoms with van der Waals surface area (Å²) >= 11 is 1.39. The number of rotatable bonds is 4. The van der Waals surface area contributed by atoms with Gasteiger partial charge in [0.2, 0.25) is 0 Å². The van der Waals surface area contributed by atoms with Crippen molar-refractivity contribution in [1.82, 2.24) is 20.2 Å².